The van der Waals surface area contributed by atoms with Crippen molar-refractivity contribution in [3.63, 3.8) is 0 Å². The number of rotatable bonds is 5. The van der Waals surface area contributed by atoms with Crippen LogP contribution in [0.25, 0.3) is 6.08 Å². The van der Waals surface area contributed by atoms with Gasteiger partial charge in [-0.25, -0.2) is 0 Å². The van der Waals surface area contributed by atoms with Gasteiger partial charge in [-0.15, -0.1) is 0 Å². The number of nitrogens with one attached hydrogen (secondary N) is 2. The van der Waals surface area contributed by atoms with E-state index >= 15 is 0 Å². The Kier molecular flexibility index (Phi) is 6.14. The number of ether oxygens (including phenoxy) is 1. The predicted octanol–water partition coefficient (Wildman–Crippen LogP) is 2.41. The first-order valence-electron chi connectivity index (χ1n) is 7.53. The third kappa shape index (κ3) is 5.61. The van der Waals surface area contributed by atoms with Crippen LogP contribution in [0.4, 0.5) is 0 Å². The van der Waals surface area contributed by atoms with E-state index in [1.807, 2.05) is 31.2 Å². The van der Waals surface area contributed by atoms with Gasteiger partial charge in [0, 0.05) is 6.08 Å². The van der Waals surface area contributed by atoms with Crippen molar-refractivity contribution in [2.24, 2.45) is 0 Å². The molecule has 0 fully saturated rings. The Morgan fingerprint density at radius 3 is 2.29 bits per heavy atom. The number of carbonyl (C=O) groups is 2. The van der Waals surface area contributed by atoms with Crippen molar-refractivity contribution in [3.05, 3.63) is 71.3 Å². The molecule has 0 spiro atoms. The molecular weight excluding hydrogens is 304 g/mol. The van der Waals surface area contributed by atoms with Crippen LogP contribution in [-0.2, 0) is 16.0 Å². The molecular formula is C19H20N2O3. The second-order valence-corrected chi connectivity index (χ2v) is 5.31. The van der Waals surface area contributed by atoms with Crippen LogP contribution in [0, 0.1) is 6.92 Å². The number of aryl methyl sites for hydroxylation is 1. The highest BCUT2D eigenvalue weighted by Crippen LogP contribution is 2.11. The summed E-state index contributed by atoms with van der Waals surface area (Å²) >= 11 is 0. The highest BCUT2D eigenvalue weighted by Gasteiger charge is 2.04. The second kappa shape index (κ2) is 8.53. The summed E-state index contributed by atoms with van der Waals surface area (Å²) in [6.45, 7) is 2.00. The summed E-state index contributed by atoms with van der Waals surface area (Å²) in [6, 6.07) is 14.9. The number of methoxy groups -OCH3 is 1. The molecule has 0 atom stereocenters. The molecule has 0 saturated carbocycles. The molecule has 0 saturated heterocycles. The monoisotopic (exact) mass is 324 g/mol. The number of hydrazine groups is 1. The highest BCUT2D eigenvalue weighted by molar-refractivity contribution is 5.93. The number of carbonyl (C=O) groups excluding carboxylic acids is 2. The molecule has 24 heavy (non-hydrogen) atoms. The molecule has 5 nitrogen and oxygen atoms in total. The fraction of sp³-hybridized carbons (Fsp3) is 0.158. The van der Waals surface area contributed by atoms with Gasteiger partial charge >= 0.3 is 0 Å². The Morgan fingerprint density at radius 1 is 1.00 bits per heavy atom. The molecule has 2 rings (SSSR count). The zero-order valence-corrected chi connectivity index (χ0v) is 13.7. The molecule has 0 heterocycles. The standard InChI is InChI=1S/C19H20N2O3/c1-14-3-5-15(6-4-14)9-12-18(22)20-21-19(23)13-16-7-10-17(24-2)11-8-16/h3-12H,13H2,1-2H3,(H,20,22)(H,21,23). The van der Waals surface area contributed by atoms with Crippen LogP contribution in [-0.4, -0.2) is 18.9 Å². The Hall–Kier alpha value is -3.08. The van der Waals surface area contributed by atoms with Gasteiger partial charge in [0.2, 0.25) is 5.91 Å². The first kappa shape index (κ1) is 17.3. The smallest absolute Gasteiger partial charge is 0.262 e. The molecule has 0 aliphatic carbocycles. The van der Waals surface area contributed by atoms with Gasteiger partial charge < -0.3 is 4.74 Å². The van der Waals surface area contributed by atoms with Crippen molar-refractivity contribution in [2.75, 3.05) is 7.11 Å². The molecule has 2 N–H and O–H groups in total. The first-order chi connectivity index (χ1) is 11.6. The minimum atomic E-state index is -0.390. The number of hydrogen-bond donors (Lipinski definition) is 2. The lowest BCUT2D eigenvalue weighted by molar-refractivity contribution is -0.126. The van der Waals surface area contributed by atoms with Gasteiger partial charge in [0.1, 0.15) is 5.75 Å². The van der Waals surface area contributed by atoms with Gasteiger partial charge in [-0.3, -0.25) is 20.4 Å². The van der Waals surface area contributed by atoms with Gasteiger partial charge in [-0.2, -0.15) is 0 Å². The van der Waals surface area contributed by atoms with Crippen molar-refractivity contribution < 1.29 is 14.3 Å². The summed E-state index contributed by atoms with van der Waals surface area (Å²) in [5.41, 5.74) is 7.64. The maximum Gasteiger partial charge on any atom is 0.262 e. The Morgan fingerprint density at radius 2 is 1.67 bits per heavy atom. The van der Waals surface area contributed by atoms with Crippen molar-refractivity contribution >= 4 is 17.9 Å². The van der Waals surface area contributed by atoms with E-state index in [-0.39, 0.29) is 12.3 Å². The molecule has 0 aromatic heterocycles. The van der Waals surface area contributed by atoms with E-state index in [1.165, 1.54) is 6.08 Å². The molecule has 0 aliphatic heterocycles. The fourth-order valence-electron chi connectivity index (χ4n) is 2.00. The van der Waals surface area contributed by atoms with Crippen LogP contribution in [0.5, 0.6) is 5.75 Å². The lowest BCUT2D eigenvalue weighted by atomic mass is 10.1. The molecule has 5 heteroatoms. The average Bonchev–Trinajstić information content (AvgIpc) is 2.60. The van der Waals surface area contributed by atoms with Crippen LogP contribution in [0.1, 0.15) is 16.7 Å². The Balaban J connectivity index is 1.78. The number of benzene rings is 2. The molecule has 0 radical (unpaired) electrons. The zero-order valence-electron chi connectivity index (χ0n) is 13.7. The third-order valence-corrected chi connectivity index (χ3v) is 3.35. The van der Waals surface area contributed by atoms with E-state index in [0.29, 0.717) is 0 Å². The van der Waals surface area contributed by atoms with Gasteiger partial charge in [0.25, 0.3) is 5.91 Å². The minimum absolute atomic E-state index is 0.173. The van der Waals surface area contributed by atoms with Crippen LogP contribution in [0.3, 0.4) is 0 Å². The van der Waals surface area contributed by atoms with E-state index in [9.17, 15) is 9.59 Å². The number of hydrogen-bond acceptors (Lipinski definition) is 3. The van der Waals surface area contributed by atoms with E-state index in [4.69, 9.17) is 4.74 Å². The predicted molar refractivity (Wildman–Crippen MR) is 93.2 cm³/mol. The Labute approximate surface area is 141 Å². The van der Waals surface area contributed by atoms with Gasteiger partial charge in [0.15, 0.2) is 0 Å². The van der Waals surface area contributed by atoms with E-state index in [1.54, 1.807) is 37.5 Å². The first-order valence-corrected chi connectivity index (χ1v) is 7.53. The summed E-state index contributed by atoms with van der Waals surface area (Å²) in [6.07, 6.45) is 3.23. The normalized spacial score (nSPS) is 10.4. The molecule has 2 amide bonds. The van der Waals surface area contributed by atoms with Crippen molar-refractivity contribution in [3.8, 4) is 5.75 Å². The molecule has 0 bridgehead atoms. The van der Waals surface area contributed by atoms with Crippen molar-refractivity contribution in [1.29, 1.82) is 0 Å². The minimum Gasteiger partial charge on any atom is -0.497 e. The maximum absolute atomic E-state index is 11.8. The summed E-state index contributed by atoms with van der Waals surface area (Å²) in [5.74, 6) is 0.0459. The second-order valence-electron chi connectivity index (χ2n) is 5.31. The van der Waals surface area contributed by atoms with Crippen LogP contribution < -0.4 is 15.6 Å². The van der Waals surface area contributed by atoms with E-state index < -0.39 is 5.91 Å². The largest absolute Gasteiger partial charge is 0.497 e. The topological polar surface area (TPSA) is 67.4 Å². The maximum atomic E-state index is 11.8. The SMILES string of the molecule is COc1ccc(CC(=O)NNC(=O)C=Cc2ccc(C)cc2)cc1. The Bertz CT molecular complexity index is 719. The molecule has 124 valence electrons. The number of amides is 2. The quantitative estimate of drug-likeness (QED) is 0.655. The summed E-state index contributed by atoms with van der Waals surface area (Å²) in [5, 5.41) is 0. The summed E-state index contributed by atoms with van der Waals surface area (Å²) < 4.78 is 5.06. The van der Waals surface area contributed by atoms with Crippen LogP contribution in [0.2, 0.25) is 0 Å². The third-order valence-electron chi connectivity index (χ3n) is 3.35. The van der Waals surface area contributed by atoms with Crippen molar-refractivity contribution in [2.45, 2.75) is 13.3 Å². The average molecular weight is 324 g/mol. The molecule has 0 aliphatic rings. The van der Waals surface area contributed by atoms with E-state index in [0.717, 1.165) is 22.4 Å². The lowest BCUT2D eigenvalue weighted by Gasteiger charge is -2.06. The lowest BCUT2D eigenvalue weighted by Crippen LogP contribution is -2.41. The van der Waals surface area contributed by atoms with Gasteiger partial charge in [-0.05, 0) is 36.3 Å². The van der Waals surface area contributed by atoms with Gasteiger partial charge in [0.05, 0.1) is 13.5 Å². The van der Waals surface area contributed by atoms with Crippen molar-refractivity contribution in [1.82, 2.24) is 10.9 Å². The highest BCUT2D eigenvalue weighted by atomic mass is 16.5. The van der Waals surface area contributed by atoms with Crippen LogP contribution in [0.15, 0.2) is 54.6 Å². The molecule has 0 unspecified atom stereocenters. The summed E-state index contributed by atoms with van der Waals surface area (Å²) in [7, 11) is 1.58. The zero-order chi connectivity index (χ0) is 17.4. The fourth-order valence-corrected chi connectivity index (χ4v) is 2.00. The van der Waals surface area contributed by atoms with Gasteiger partial charge in [-0.1, -0.05) is 42.0 Å². The summed E-state index contributed by atoms with van der Waals surface area (Å²) in [4.78, 5) is 23.5. The van der Waals surface area contributed by atoms with Crippen LogP contribution >= 0.6 is 0 Å². The molecule has 2 aromatic carbocycles. The van der Waals surface area contributed by atoms with E-state index in [2.05, 4.69) is 10.9 Å². The molecule has 2 aromatic rings.